The van der Waals surface area contributed by atoms with Gasteiger partial charge in [-0.2, -0.15) is 0 Å². The van der Waals surface area contributed by atoms with Crippen LogP contribution in [0, 0.1) is 0 Å². The molecule has 2 aliphatic heterocycles. The van der Waals surface area contributed by atoms with Crippen molar-refractivity contribution in [3.05, 3.63) is 39.9 Å². The van der Waals surface area contributed by atoms with Crippen LogP contribution in [0.2, 0.25) is 10.0 Å². The van der Waals surface area contributed by atoms with Crippen molar-refractivity contribution in [1.29, 1.82) is 0 Å². The fourth-order valence-electron chi connectivity index (χ4n) is 3.64. The first-order chi connectivity index (χ1) is 14.2. The largest absolute Gasteiger partial charge is 0.337 e. The first kappa shape index (κ1) is 23.1. The van der Waals surface area contributed by atoms with Crippen molar-refractivity contribution in [3.63, 3.8) is 0 Å². The second kappa shape index (κ2) is 9.68. The van der Waals surface area contributed by atoms with E-state index in [2.05, 4.69) is 0 Å². The lowest BCUT2D eigenvalue weighted by atomic mass is 10.2. The molecule has 0 aromatic heterocycles. The van der Waals surface area contributed by atoms with E-state index in [0.29, 0.717) is 42.8 Å². The maximum atomic E-state index is 12.6. The van der Waals surface area contributed by atoms with Gasteiger partial charge in [-0.3, -0.25) is 14.5 Å². The zero-order valence-corrected chi connectivity index (χ0v) is 19.1. The zero-order chi connectivity index (χ0) is 21.9. The van der Waals surface area contributed by atoms with Crippen LogP contribution in [-0.4, -0.2) is 85.3 Å². The summed E-state index contributed by atoms with van der Waals surface area (Å²) in [6.45, 7) is 3.94. The molecule has 1 aromatic carbocycles. The Labute approximate surface area is 187 Å². The van der Waals surface area contributed by atoms with Gasteiger partial charge in [-0.25, -0.2) is 8.42 Å². The molecule has 3 rings (SSSR count). The highest BCUT2D eigenvalue weighted by Crippen LogP contribution is 2.23. The first-order valence-corrected chi connectivity index (χ1v) is 12.4. The molecule has 0 saturated carbocycles. The number of carbonyl (C=O) groups is 2. The summed E-state index contributed by atoms with van der Waals surface area (Å²) in [6.07, 6.45) is 3.18. The summed E-state index contributed by atoms with van der Waals surface area (Å²) in [5.41, 5.74) is 0.763. The molecule has 2 amide bonds. The molecule has 2 aliphatic rings. The van der Waals surface area contributed by atoms with Gasteiger partial charge in [0.25, 0.3) is 0 Å². The average Bonchev–Trinajstić information content (AvgIpc) is 2.90. The minimum Gasteiger partial charge on any atom is -0.337 e. The molecule has 1 unspecified atom stereocenters. The van der Waals surface area contributed by atoms with Gasteiger partial charge in [0.15, 0.2) is 9.84 Å². The molecule has 7 nitrogen and oxygen atoms in total. The summed E-state index contributed by atoms with van der Waals surface area (Å²) in [5.74, 6) is 0.0274. The maximum Gasteiger partial charge on any atom is 0.246 e. The Morgan fingerprint density at radius 2 is 1.77 bits per heavy atom. The number of carbonyl (C=O) groups excluding carboxylic acids is 2. The van der Waals surface area contributed by atoms with Crippen molar-refractivity contribution in [2.24, 2.45) is 0 Å². The van der Waals surface area contributed by atoms with Crippen molar-refractivity contribution in [2.45, 2.75) is 19.5 Å². The lowest BCUT2D eigenvalue weighted by molar-refractivity contribution is -0.136. The molecule has 0 spiro atoms. The van der Waals surface area contributed by atoms with E-state index in [4.69, 9.17) is 23.2 Å². The van der Waals surface area contributed by atoms with Crippen LogP contribution in [0.4, 0.5) is 0 Å². The van der Waals surface area contributed by atoms with Gasteiger partial charge < -0.3 is 9.80 Å². The minimum atomic E-state index is -2.98. The third-order valence-electron chi connectivity index (χ3n) is 5.56. The zero-order valence-electron chi connectivity index (χ0n) is 16.8. The van der Waals surface area contributed by atoms with Gasteiger partial charge >= 0.3 is 0 Å². The number of rotatable bonds is 4. The highest BCUT2D eigenvalue weighted by atomic mass is 35.5. The van der Waals surface area contributed by atoms with Gasteiger partial charge in [-0.15, -0.1) is 0 Å². The van der Waals surface area contributed by atoms with Crippen LogP contribution in [-0.2, 0) is 19.4 Å². The molecule has 1 aromatic rings. The number of sulfone groups is 1. The average molecular weight is 474 g/mol. The van der Waals surface area contributed by atoms with Crippen molar-refractivity contribution < 1.29 is 18.0 Å². The molecule has 0 N–H and O–H groups in total. The Bertz CT molecular complexity index is 937. The molecule has 2 heterocycles. The van der Waals surface area contributed by atoms with Crippen molar-refractivity contribution >= 4 is 50.9 Å². The van der Waals surface area contributed by atoms with Gasteiger partial charge in [0.2, 0.25) is 11.8 Å². The van der Waals surface area contributed by atoms with E-state index in [0.717, 1.165) is 5.56 Å². The first-order valence-electron chi connectivity index (χ1n) is 9.82. The predicted octanol–water partition coefficient (Wildman–Crippen LogP) is 2.14. The van der Waals surface area contributed by atoms with E-state index in [1.807, 2.05) is 11.8 Å². The third-order valence-corrected chi connectivity index (χ3v) is 7.91. The molecule has 10 heteroatoms. The number of nitrogens with zero attached hydrogens (tertiary/aromatic N) is 3. The van der Waals surface area contributed by atoms with Crippen molar-refractivity contribution in [2.75, 3.05) is 44.2 Å². The standard InChI is InChI=1S/C20H25Cl2N3O4S/c1-15(23-10-12-30(28,29)13-11-23)25-9-8-24(7-6-20(25)27)19(26)5-3-16-2-4-17(21)18(22)14-16/h2-5,14-15H,6-13H2,1H3/b5-3+. The Morgan fingerprint density at radius 1 is 1.07 bits per heavy atom. The predicted molar refractivity (Wildman–Crippen MR) is 118 cm³/mol. The number of hydrogen-bond donors (Lipinski definition) is 0. The summed E-state index contributed by atoms with van der Waals surface area (Å²) in [5, 5.41) is 0.869. The Hall–Kier alpha value is -1.61. The summed E-state index contributed by atoms with van der Waals surface area (Å²) in [7, 11) is -2.98. The van der Waals surface area contributed by atoms with Crippen LogP contribution in [0.25, 0.3) is 6.08 Å². The molecule has 2 saturated heterocycles. The van der Waals surface area contributed by atoms with Crippen LogP contribution in [0.3, 0.4) is 0 Å². The SMILES string of the molecule is CC(N1CCS(=O)(=O)CC1)N1CCN(C(=O)/C=C/c2ccc(Cl)c(Cl)c2)CCC1=O. The molecular weight excluding hydrogens is 449 g/mol. The monoisotopic (exact) mass is 473 g/mol. The van der Waals surface area contributed by atoms with E-state index < -0.39 is 9.84 Å². The van der Waals surface area contributed by atoms with Gasteiger partial charge in [-0.1, -0.05) is 29.3 Å². The van der Waals surface area contributed by atoms with Crippen LogP contribution < -0.4 is 0 Å². The topological polar surface area (TPSA) is 78.0 Å². The van der Waals surface area contributed by atoms with E-state index in [1.54, 1.807) is 34.1 Å². The summed E-state index contributed by atoms with van der Waals surface area (Å²) < 4.78 is 23.3. The smallest absolute Gasteiger partial charge is 0.246 e. The quantitative estimate of drug-likeness (QED) is 0.625. The molecule has 0 bridgehead atoms. The summed E-state index contributed by atoms with van der Waals surface area (Å²) in [4.78, 5) is 30.7. The number of halogens is 2. The van der Waals surface area contributed by atoms with Gasteiger partial charge in [-0.05, 0) is 30.7 Å². The third kappa shape index (κ3) is 5.75. The lowest BCUT2D eigenvalue weighted by Crippen LogP contribution is -2.54. The van der Waals surface area contributed by atoms with Gasteiger partial charge in [0.1, 0.15) is 0 Å². The second-order valence-corrected chi connectivity index (χ2v) is 10.6. The van der Waals surface area contributed by atoms with Crippen molar-refractivity contribution in [3.8, 4) is 0 Å². The molecule has 2 fully saturated rings. The highest BCUT2D eigenvalue weighted by molar-refractivity contribution is 7.91. The number of amides is 2. The van der Waals surface area contributed by atoms with Crippen LogP contribution in [0.15, 0.2) is 24.3 Å². The molecule has 30 heavy (non-hydrogen) atoms. The minimum absolute atomic E-state index is 0.0281. The second-order valence-electron chi connectivity index (χ2n) is 7.49. The van der Waals surface area contributed by atoms with E-state index >= 15 is 0 Å². The fraction of sp³-hybridized carbons (Fsp3) is 0.500. The summed E-state index contributed by atoms with van der Waals surface area (Å²) >= 11 is 11.9. The van der Waals surface area contributed by atoms with E-state index in [9.17, 15) is 18.0 Å². The molecule has 164 valence electrons. The highest BCUT2D eigenvalue weighted by Gasteiger charge is 2.32. The van der Waals surface area contributed by atoms with E-state index in [1.165, 1.54) is 6.08 Å². The number of benzene rings is 1. The summed E-state index contributed by atoms with van der Waals surface area (Å²) in [6, 6.07) is 5.12. The molecule has 1 atom stereocenters. The molecular formula is C20H25Cl2N3O4S. The van der Waals surface area contributed by atoms with E-state index in [-0.39, 0.29) is 35.9 Å². The number of hydrogen-bond acceptors (Lipinski definition) is 5. The lowest BCUT2D eigenvalue weighted by Gasteiger charge is -2.38. The van der Waals surface area contributed by atoms with Crippen LogP contribution in [0.1, 0.15) is 18.9 Å². The normalized spacial score (nSPS) is 21.6. The Balaban J connectivity index is 1.60. The Morgan fingerprint density at radius 3 is 2.43 bits per heavy atom. The fourth-order valence-corrected chi connectivity index (χ4v) is 5.18. The van der Waals surface area contributed by atoms with Crippen molar-refractivity contribution in [1.82, 2.24) is 14.7 Å². The maximum absolute atomic E-state index is 12.6. The van der Waals surface area contributed by atoms with Gasteiger partial charge in [0, 0.05) is 45.2 Å². The van der Waals surface area contributed by atoms with Crippen LogP contribution in [0.5, 0.6) is 0 Å². The molecule has 0 radical (unpaired) electrons. The van der Waals surface area contributed by atoms with Crippen LogP contribution >= 0.6 is 23.2 Å². The Kier molecular flexibility index (Phi) is 7.44. The molecule has 0 aliphatic carbocycles. The van der Waals surface area contributed by atoms with Gasteiger partial charge in [0.05, 0.1) is 27.7 Å².